The maximum absolute atomic E-state index is 11.9. The molecule has 0 bridgehead atoms. The summed E-state index contributed by atoms with van der Waals surface area (Å²) in [5.41, 5.74) is 3.33. The highest BCUT2D eigenvalue weighted by Crippen LogP contribution is 2.17. The van der Waals surface area contributed by atoms with E-state index in [9.17, 15) is 19.2 Å². The first-order valence-electron chi connectivity index (χ1n) is 8.26. The molecule has 140 valence electrons. The molecule has 0 aliphatic carbocycles. The second kappa shape index (κ2) is 9.28. The number of hydrogen-bond donors (Lipinski definition) is 2. The average Bonchev–Trinajstić information content (AvgIpc) is 2.68. The highest BCUT2D eigenvalue weighted by atomic mass is 16.5. The molecule has 0 radical (unpaired) electrons. The first-order chi connectivity index (χ1) is 12.9. The summed E-state index contributed by atoms with van der Waals surface area (Å²) in [5.74, 6) is -1.67. The van der Waals surface area contributed by atoms with E-state index in [1.54, 1.807) is 6.07 Å². The van der Waals surface area contributed by atoms with Gasteiger partial charge in [-0.1, -0.05) is 24.3 Å². The number of carbonyl (C=O) groups excluding carboxylic acids is 4. The number of anilines is 1. The zero-order valence-corrected chi connectivity index (χ0v) is 15.1. The number of carbonyl (C=O) groups is 4. The maximum Gasteiger partial charge on any atom is 0.338 e. The van der Waals surface area contributed by atoms with Crippen molar-refractivity contribution in [3.05, 3.63) is 64.7 Å². The van der Waals surface area contributed by atoms with Crippen molar-refractivity contribution in [3.63, 3.8) is 0 Å². The van der Waals surface area contributed by atoms with E-state index in [4.69, 9.17) is 4.74 Å². The number of aryl methyl sites for hydroxylation is 1. The third-order valence-electron chi connectivity index (χ3n) is 3.94. The molecule has 0 saturated carbocycles. The Labute approximate surface area is 156 Å². The Morgan fingerprint density at radius 3 is 2.37 bits per heavy atom. The molecule has 0 fully saturated rings. The Bertz CT molecular complexity index is 859. The minimum atomic E-state index is -0.692. The van der Waals surface area contributed by atoms with Gasteiger partial charge in [0.15, 0.2) is 6.61 Å². The summed E-state index contributed by atoms with van der Waals surface area (Å²) in [4.78, 5) is 46.1. The standard InChI is InChI=1S/C20H20N2O5/c1-13-4-3-5-17(14(13)2)22-18(24)10-21-19(25)12-27-20(26)16-8-6-15(11-23)7-9-16/h3-9,11H,10,12H2,1-2H3,(H,21,25)(H,22,24). The quantitative estimate of drug-likeness (QED) is 0.575. The Morgan fingerprint density at radius 2 is 1.70 bits per heavy atom. The summed E-state index contributed by atoms with van der Waals surface area (Å²) in [6, 6.07) is 11.4. The zero-order valence-electron chi connectivity index (χ0n) is 15.1. The van der Waals surface area contributed by atoms with Crippen molar-refractivity contribution in [2.45, 2.75) is 13.8 Å². The number of benzene rings is 2. The molecule has 0 aliphatic rings. The van der Waals surface area contributed by atoms with E-state index in [0.29, 0.717) is 17.5 Å². The summed E-state index contributed by atoms with van der Waals surface area (Å²) >= 11 is 0. The van der Waals surface area contributed by atoms with Crippen molar-refractivity contribution in [3.8, 4) is 0 Å². The lowest BCUT2D eigenvalue weighted by molar-refractivity contribution is -0.126. The van der Waals surface area contributed by atoms with Crippen LogP contribution in [0.4, 0.5) is 5.69 Å². The van der Waals surface area contributed by atoms with E-state index in [2.05, 4.69) is 10.6 Å². The van der Waals surface area contributed by atoms with E-state index < -0.39 is 18.5 Å². The summed E-state index contributed by atoms with van der Waals surface area (Å²) in [7, 11) is 0. The van der Waals surface area contributed by atoms with E-state index in [1.807, 2.05) is 26.0 Å². The van der Waals surface area contributed by atoms with Gasteiger partial charge in [-0.15, -0.1) is 0 Å². The summed E-state index contributed by atoms with van der Waals surface area (Å²) in [6.45, 7) is 3.08. The third-order valence-corrected chi connectivity index (χ3v) is 3.94. The first-order valence-corrected chi connectivity index (χ1v) is 8.26. The van der Waals surface area contributed by atoms with E-state index in [-0.39, 0.29) is 18.0 Å². The Kier molecular flexibility index (Phi) is 6.82. The van der Waals surface area contributed by atoms with Crippen molar-refractivity contribution in [1.82, 2.24) is 5.32 Å². The molecular formula is C20H20N2O5. The SMILES string of the molecule is Cc1cccc(NC(=O)CNC(=O)COC(=O)c2ccc(C=O)cc2)c1C. The van der Waals surface area contributed by atoms with Crippen molar-refractivity contribution in [2.24, 2.45) is 0 Å². The van der Waals surface area contributed by atoms with Crippen LogP contribution in [0.5, 0.6) is 0 Å². The van der Waals surface area contributed by atoms with Crippen LogP contribution >= 0.6 is 0 Å². The highest BCUT2D eigenvalue weighted by Gasteiger charge is 2.12. The molecule has 0 heterocycles. The van der Waals surface area contributed by atoms with Crippen LogP contribution in [0.1, 0.15) is 31.8 Å². The molecule has 2 aromatic carbocycles. The van der Waals surface area contributed by atoms with Gasteiger partial charge in [0.25, 0.3) is 5.91 Å². The molecule has 2 N–H and O–H groups in total. The van der Waals surface area contributed by atoms with Crippen molar-refractivity contribution in [1.29, 1.82) is 0 Å². The minimum Gasteiger partial charge on any atom is -0.452 e. The lowest BCUT2D eigenvalue weighted by Crippen LogP contribution is -2.35. The van der Waals surface area contributed by atoms with Crippen LogP contribution < -0.4 is 10.6 Å². The molecule has 0 aromatic heterocycles. The second-order valence-corrected chi connectivity index (χ2v) is 5.89. The van der Waals surface area contributed by atoms with Gasteiger partial charge in [0, 0.05) is 11.3 Å². The minimum absolute atomic E-state index is 0.223. The summed E-state index contributed by atoms with van der Waals surface area (Å²) in [6.07, 6.45) is 0.659. The Hall–Kier alpha value is -3.48. The Morgan fingerprint density at radius 1 is 1.00 bits per heavy atom. The molecule has 0 unspecified atom stereocenters. The van der Waals surface area contributed by atoms with Crippen molar-refractivity contribution in [2.75, 3.05) is 18.5 Å². The van der Waals surface area contributed by atoms with Gasteiger partial charge in [0.05, 0.1) is 12.1 Å². The lowest BCUT2D eigenvalue weighted by atomic mass is 10.1. The predicted molar refractivity (Wildman–Crippen MR) is 99.7 cm³/mol. The first kappa shape index (κ1) is 19.8. The van der Waals surface area contributed by atoms with Gasteiger partial charge in [-0.3, -0.25) is 14.4 Å². The van der Waals surface area contributed by atoms with Gasteiger partial charge in [-0.25, -0.2) is 4.79 Å². The highest BCUT2D eigenvalue weighted by molar-refractivity contribution is 5.96. The van der Waals surface area contributed by atoms with Crippen LogP contribution in [-0.4, -0.2) is 37.2 Å². The number of amides is 2. The molecule has 2 amide bonds. The molecule has 7 heteroatoms. The van der Waals surface area contributed by atoms with E-state index in [0.717, 1.165) is 11.1 Å². The fourth-order valence-electron chi connectivity index (χ4n) is 2.22. The van der Waals surface area contributed by atoms with Crippen LogP contribution in [-0.2, 0) is 14.3 Å². The molecule has 2 rings (SSSR count). The topological polar surface area (TPSA) is 102 Å². The molecule has 0 saturated heterocycles. The largest absolute Gasteiger partial charge is 0.452 e. The molecular weight excluding hydrogens is 348 g/mol. The predicted octanol–water partition coefficient (Wildman–Crippen LogP) is 2.03. The zero-order chi connectivity index (χ0) is 19.8. The van der Waals surface area contributed by atoms with Crippen LogP contribution in [0.15, 0.2) is 42.5 Å². The fourth-order valence-corrected chi connectivity index (χ4v) is 2.22. The normalized spacial score (nSPS) is 10.0. The second-order valence-electron chi connectivity index (χ2n) is 5.89. The van der Waals surface area contributed by atoms with Crippen LogP contribution in [0.3, 0.4) is 0 Å². The van der Waals surface area contributed by atoms with Crippen molar-refractivity contribution >= 4 is 29.8 Å². The van der Waals surface area contributed by atoms with Crippen LogP contribution in [0, 0.1) is 13.8 Å². The van der Waals surface area contributed by atoms with Gasteiger partial charge < -0.3 is 15.4 Å². The van der Waals surface area contributed by atoms with Gasteiger partial charge >= 0.3 is 5.97 Å². The number of esters is 1. The number of rotatable bonds is 7. The number of aldehydes is 1. The maximum atomic E-state index is 11.9. The van der Waals surface area contributed by atoms with Gasteiger partial charge in [0.2, 0.25) is 5.91 Å². The van der Waals surface area contributed by atoms with Gasteiger partial charge in [-0.2, -0.15) is 0 Å². The smallest absolute Gasteiger partial charge is 0.338 e. The Balaban J connectivity index is 1.76. The van der Waals surface area contributed by atoms with Crippen LogP contribution in [0.2, 0.25) is 0 Å². The van der Waals surface area contributed by atoms with Gasteiger partial charge in [-0.05, 0) is 43.2 Å². The van der Waals surface area contributed by atoms with E-state index in [1.165, 1.54) is 24.3 Å². The molecule has 0 aliphatic heterocycles. The number of ether oxygens (including phenoxy) is 1. The van der Waals surface area contributed by atoms with E-state index >= 15 is 0 Å². The lowest BCUT2D eigenvalue weighted by Gasteiger charge is -2.11. The monoisotopic (exact) mass is 368 g/mol. The molecule has 0 atom stereocenters. The molecule has 2 aromatic rings. The summed E-state index contributed by atoms with van der Waals surface area (Å²) < 4.78 is 4.88. The third kappa shape index (κ3) is 5.78. The molecule has 0 spiro atoms. The molecule has 27 heavy (non-hydrogen) atoms. The average molecular weight is 368 g/mol. The fraction of sp³-hybridized carbons (Fsp3) is 0.200. The van der Waals surface area contributed by atoms with Gasteiger partial charge in [0.1, 0.15) is 6.29 Å². The summed E-state index contributed by atoms with van der Waals surface area (Å²) in [5, 5.41) is 5.11. The van der Waals surface area contributed by atoms with Crippen molar-refractivity contribution < 1.29 is 23.9 Å². The number of nitrogens with one attached hydrogen (secondary N) is 2. The molecule has 7 nitrogen and oxygen atoms in total. The van der Waals surface area contributed by atoms with Crippen LogP contribution in [0.25, 0.3) is 0 Å². The number of hydrogen-bond acceptors (Lipinski definition) is 5.